The molecule has 0 atom stereocenters. The van der Waals surface area contributed by atoms with Gasteiger partial charge in [0.05, 0.1) is 18.1 Å². The lowest BCUT2D eigenvalue weighted by Crippen LogP contribution is -2.31. The Hall–Kier alpha value is -0.690. The zero-order valence-electron chi connectivity index (χ0n) is 9.21. The van der Waals surface area contributed by atoms with Crippen molar-refractivity contribution < 1.29 is 9.53 Å². The van der Waals surface area contributed by atoms with Crippen molar-refractivity contribution in [3.63, 3.8) is 0 Å². The maximum atomic E-state index is 12.0. The maximum Gasteiger partial charge on any atom is 0.266 e. The standard InChI is InChI=1S/C11H11NO2S3/c1-14-4-3-12-10(13)9(17-11(12)15)6-8-2-5-16-7-8/h2,5-7H,3-4H2,1H3. The van der Waals surface area contributed by atoms with Crippen LogP contribution in [0.1, 0.15) is 5.56 Å². The summed E-state index contributed by atoms with van der Waals surface area (Å²) in [4.78, 5) is 14.3. The van der Waals surface area contributed by atoms with E-state index in [4.69, 9.17) is 17.0 Å². The van der Waals surface area contributed by atoms with Gasteiger partial charge in [0, 0.05) is 7.11 Å². The lowest BCUT2D eigenvalue weighted by Gasteiger charge is -2.12. The number of thiocarbonyl (C=S) groups is 1. The summed E-state index contributed by atoms with van der Waals surface area (Å²) < 4.78 is 5.57. The van der Waals surface area contributed by atoms with Gasteiger partial charge in [0.2, 0.25) is 0 Å². The predicted octanol–water partition coefficient (Wildman–Crippen LogP) is 2.60. The molecule has 3 nitrogen and oxygen atoms in total. The van der Waals surface area contributed by atoms with E-state index in [9.17, 15) is 4.79 Å². The molecule has 0 N–H and O–H groups in total. The normalized spacial score (nSPS) is 18.4. The van der Waals surface area contributed by atoms with E-state index in [1.807, 2.05) is 22.9 Å². The smallest absolute Gasteiger partial charge is 0.266 e. The van der Waals surface area contributed by atoms with Crippen LogP contribution in [0.3, 0.4) is 0 Å². The second-order valence-corrected chi connectivity index (χ2v) is 5.84. The number of thiophene rings is 1. The van der Waals surface area contributed by atoms with Gasteiger partial charge in [-0.15, -0.1) is 0 Å². The van der Waals surface area contributed by atoms with E-state index in [0.29, 0.717) is 22.4 Å². The topological polar surface area (TPSA) is 29.5 Å². The SMILES string of the molecule is COCCN1C(=O)C(=Cc2ccsc2)SC1=S. The minimum absolute atomic E-state index is 0.0248. The highest BCUT2D eigenvalue weighted by atomic mass is 32.2. The molecule has 1 aromatic heterocycles. The van der Waals surface area contributed by atoms with Gasteiger partial charge < -0.3 is 4.74 Å². The van der Waals surface area contributed by atoms with E-state index in [2.05, 4.69) is 0 Å². The number of thioether (sulfide) groups is 1. The summed E-state index contributed by atoms with van der Waals surface area (Å²) >= 11 is 8.13. The Morgan fingerprint density at radius 1 is 1.59 bits per heavy atom. The molecule has 90 valence electrons. The average molecular weight is 285 g/mol. The van der Waals surface area contributed by atoms with Crippen molar-refractivity contribution >= 4 is 51.6 Å². The zero-order valence-corrected chi connectivity index (χ0v) is 11.7. The van der Waals surface area contributed by atoms with Gasteiger partial charge in [-0.3, -0.25) is 9.69 Å². The fourth-order valence-corrected chi connectivity index (χ4v) is 3.31. The molecule has 1 amide bonds. The number of rotatable bonds is 4. The Bertz CT molecular complexity index is 453. The van der Waals surface area contributed by atoms with Crippen LogP contribution in [0, 0.1) is 0 Å². The number of hydrogen-bond donors (Lipinski definition) is 0. The zero-order chi connectivity index (χ0) is 12.3. The van der Waals surface area contributed by atoms with Crippen LogP contribution < -0.4 is 0 Å². The van der Waals surface area contributed by atoms with Crippen molar-refractivity contribution in [1.82, 2.24) is 4.90 Å². The van der Waals surface area contributed by atoms with Gasteiger partial charge in [-0.2, -0.15) is 11.3 Å². The van der Waals surface area contributed by atoms with E-state index in [1.54, 1.807) is 23.3 Å². The third-order valence-corrected chi connectivity index (χ3v) is 4.31. The molecule has 0 unspecified atom stereocenters. The molecule has 6 heteroatoms. The molecule has 1 aliphatic heterocycles. The van der Waals surface area contributed by atoms with Crippen LogP contribution in [0.15, 0.2) is 21.7 Å². The minimum Gasteiger partial charge on any atom is -0.383 e. The van der Waals surface area contributed by atoms with Gasteiger partial charge in [-0.1, -0.05) is 24.0 Å². The van der Waals surface area contributed by atoms with E-state index in [1.165, 1.54) is 11.8 Å². The fourth-order valence-electron chi connectivity index (χ4n) is 1.38. The molecule has 1 fully saturated rings. The highest BCUT2D eigenvalue weighted by molar-refractivity contribution is 8.26. The molecule has 17 heavy (non-hydrogen) atoms. The van der Waals surface area contributed by atoms with Crippen molar-refractivity contribution in [2.24, 2.45) is 0 Å². The molecule has 0 bridgehead atoms. The first-order valence-electron chi connectivity index (χ1n) is 4.99. The summed E-state index contributed by atoms with van der Waals surface area (Å²) in [6.07, 6.45) is 1.88. The number of ether oxygens (including phenoxy) is 1. The lowest BCUT2D eigenvalue weighted by molar-refractivity contribution is -0.122. The average Bonchev–Trinajstić information content (AvgIpc) is 2.89. The van der Waals surface area contributed by atoms with Crippen LogP contribution in [0.4, 0.5) is 0 Å². The van der Waals surface area contributed by atoms with Gasteiger partial charge in [0.15, 0.2) is 0 Å². The van der Waals surface area contributed by atoms with Crippen LogP contribution in [-0.4, -0.2) is 35.4 Å². The number of amides is 1. The Kier molecular flexibility index (Phi) is 4.33. The predicted molar refractivity (Wildman–Crippen MR) is 76.1 cm³/mol. The van der Waals surface area contributed by atoms with Crippen molar-refractivity contribution in [3.05, 3.63) is 27.3 Å². The number of hydrogen-bond acceptors (Lipinski definition) is 5. The van der Waals surface area contributed by atoms with Gasteiger partial charge >= 0.3 is 0 Å². The Morgan fingerprint density at radius 3 is 3.06 bits per heavy atom. The summed E-state index contributed by atoms with van der Waals surface area (Å²) in [6.45, 7) is 1.01. The van der Waals surface area contributed by atoms with Crippen LogP contribution >= 0.6 is 35.3 Å². The third-order valence-electron chi connectivity index (χ3n) is 2.23. The Labute approximate surface area is 113 Å². The summed E-state index contributed by atoms with van der Waals surface area (Å²) in [7, 11) is 1.61. The first-order chi connectivity index (χ1) is 8.22. The minimum atomic E-state index is -0.0248. The molecule has 1 saturated heterocycles. The number of nitrogens with zero attached hydrogens (tertiary/aromatic N) is 1. The van der Waals surface area contributed by atoms with Gasteiger partial charge in [-0.25, -0.2) is 0 Å². The van der Waals surface area contributed by atoms with Crippen molar-refractivity contribution in [2.75, 3.05) is 20.3 Å². The molecule has 1 aliphatic rings. The maximum absolute atomic E-state index is 12.0. The molecule has 0 radical (unpaired) electrons. The first-order valence-corrected chi connectivity index (χ1v) is 7.15. The van der Waals surface area contributed by atoms with Gasteiger partial charge in [-0.05, 0) is 28.5 Å². The Morgan fingerprint density at radius 2 is 2.41 bits per heavy atom. The van der Waals surface area contributed by atoms with Crippen LogP contribution in [-0.2, 0) is 9.53 Å². The molecule has 0 aliphatic carbocycles. The van der Waals surface area contributed by atoms with Crippen molar-refractivity contribution in [3.8, 4) is 0 Å². The van der Waals surface area contributed by atoms with E-state index < -0.39 is 0 Å². The molecule has 2 rings (SSSR count). The molecule has 1 aromatic rings. The highest BCUT2D eigenvalue weighted by Gasteiger charge is 2.31. The quantitative estimate of drug-likeness (QED) is 0.628. The van der Waals surface area contributed by atoms with Crippen LogP contribution in [0.25, 0.3) is 6.08 Å². The number of carbonyl (C=O) groups excluding carboxylic acids is 1. The fraction of sp³-hybridized carbons (Fsp3) is 0.273. The number of methoxy groups -OCH3 is 1. The van der Waals surface area contributed by atoms with Crippen molar-refractivity contribution in [2.45, 2.75) is 0 Å². The largest absolute Gasteiger partial charge is 0.383 e. The van der Waals surface area contributed by atoms with E-state index >= 15 is 0 Å². The first kappa shape index (κ1) is 12.8. The second kappa shape index (κ2) is 5.77. The molecule has 0 aromatic carbocycles. The van der Waals surface area contributed by atoms with Crippen molar-refractivity contribution in [1.29, 1.82) is 0 Å². The van der Waals surface area contributed by atoms with Gasteiger partial charge in [0.1, 0.15) is 4.32 Å². The van der Waals surface area contributed by atoms with Crippen LogP contribution in [0.5, 0.6) is 0 Å². The molecule has 0 spiro atoms. The lowest BCUT2D eigenvalue weighted by atomic mass is 10.3. The molecular weight excluding hydrogens is 274 g/mol. The molecule has 0 saturated carbocycles. The molecular formula is C11H11NO2S3. The van der Waals surface area contributed by atoms with E-state index in [0.717, 1.165) is 5.56 Å². The monoisotopic (exact) mass is 285 g/mol. The summed E-state index contributed by atoms with van der Waals surface area (Å²) in [5, 5.41) is 3.99. The Balaban J connectivity index is 2.13. The van der Waals surface area contributed by atoms with Gasteiger partial charge in [0.25, 0.3) is 5.91 Å². The van der Waals surface area contributed by atoms with E-state index in [-0.39, 0.29) is 5.91 Å². The summed E-state index contributed by atoms with van der Waals surface area (Å²) in [5.41, 5.74) is 1.04. The summed E-state index contributed by atoms with van der Waals surface area (Å²) in [6, 6.07) is 1.98. The molecule has 2 heterocycles. The van der Waals surface area contributed by atoms with Crippen LogP contribution in [0.2, 0.25) is 0 Å². The third kappa shape index (κ3) is 2.95. The summed E-state index contributed by atoms with van der Waals surface area (Å²) in [5.74, 6) is -0.0248. The highest BCUT2D eigenvalue weighted by Crippen LogP contribution is 2.32. The number of carbonyl (C=O) groups is 1. The second-order valence-electron chi connectivity index (χ2n) is 3.38.